The van der Waals surface area contributed by atoms with Gasteiger partial charge in [-0.15, -0.1) is 0 Å². The molecule has 2 fully saturated rings. The van der Waals surface area contributed by atoms with Gasteiger partial charge in [-0.2, -0.15) is 0 Å². The Labute approximate surface area is 151 Å². The van der Waals surface area contributed by atoms with Crippen molar-refractivity contribution in [3.05, 3.63) is 42.5 Å². The Kier molecular flexibility index (Phi) is 6.20. The highest BCUT2D eigenvalue weighted by Crippen LogP contribution is 2.39. The highest BCUT2D eigenvalue weighted by molar-refractivity contribution is 5.64. The number of hydrogen-bond acceptors (Lipinski definition) is 10. The smallest absolute Gasteiger partial charge is 0.324 e. The van der Waals surface area contributed by atoms with Crippen molar-refractivity contribution in [2.45, 2.75) is 37.5 Å². The van der Waals surface area contributed by atoms with Gasteiger partial charge in [0.2, 0.25) is 0 Å². The third-order valence-corrected chi connectivity index (χ3v) is 4.68. The Morgan fingerprint density at radius 1 is 1.04 bits per heavy atom. The van der Waals surface area contributed by atoms with Gasteiger partial charge in [0.25, 0.3) is 11.4 Å². The monoisotopic (exact) mass is 386 g/mol. The van der Waals surface area contributed by atoms with Crippen LogP contribution in [0.25, 0.3) is 0 Å². The number of aliphatic hydroxyl groups excluding tert-OH is 2. The van der Waals surface area contributed by atoms with Crippen LogP contribution < -0.4 is 5.32 Å². The molecule has 2 bridgehead atoms. The van der Waals surface area contributed by atoms with E-state index < -0.39 is 37.6 Å². The van der Waals surface area contributed by atoms with Crippen molar-refractivity contribution in [2.24, 2.45) is 5.92 Å². The van der Waals surface area contributed by atoms with Crippen LogP contribution in [-0.4, -0.2) is 54.9 Å². The van der Waals surface area contributed by atoms with Gasteiger partial charge < -0.3 is 20.6 Å². The van der Waals surface area contributed by atoms with Gasteiger partial charge in [0.1, 0.15) is 0 Å². The fourth-order valence-corrected chi connectivity index (χ4v) is 3.33. The summed E-state index contributed by atoms with van der Waals surface area (Å²) in [7, 11) is 0. The minimum absolute atomic E-state index is 0.0775. The number of aliphatic hydroxyl groups is 2. The SMILES string of the molecule is O=[N+]([O-])c1cc([N+](=O)[O-])c(O)c([N+](=O)[O-])c1.OCC1C(O)CC2CCC1N2. The van der Waals surface area contributed by atoms with E-state index in [0.29, 0.717) is 24.2 Å². The number of phenolic OH excluding ortho intramolecular Hbond substituents is 1. The number of nitrogens with one attached hydrogen (secondary N) is 1. The van der Waals surface area contributed by atoms with E-state index >= 15 is 0 Å². The molecule has 0 aliphatic carbocycles. The Balaban J connectivity index is 0.000000206. The second kappa shape index (κ2) is 8.20. The lowest BCUT2D eigenvalue weighted by atomic mass is 9.90. The normalized spacial score (nSPS) is 26.0. The lowest BCUT2D eigenvalue weighted by molar-refractivity contribution is -0.404. The molecule has 0 radical (unpaired) electrons. The molecule has 1 aromatic carbocycles. The molecule has 13 nitrogen and oxygen atoms in total. The number of aromatic hydroxyl groups is 1. The van der Waals surface area contributed by atoms with Gasteiger partial charge in [-0.1, -0.05) is 0 Å². The maximum absolute atomic E-state index is 10.4. The van der Waals surface area contributed by atoms with E-state index in [1.165, 1.54) is 0 Å². The van der Waals surface area contributed by atoms with Gasteiger partial charge in [-0.3, -0.25) is 30.3 Å². The van der Waals surface area contributed by atoms with Crippen molar-refractivity contribution in [3.63, 3.8) is 0 Å². The number of nitro groups is 3. The number of hydrogen-bond donors (Lipinski definition) is 4. The molecule has 0 spiro atoms. The van der Waals surface area contributed by atoms with E-state index in [9.17, 15) is 35.4 Å². The van der Waals surface area contributed by atoms with E-state index in [4.69, 9.17) is 10.2 Å². The van der Waals surface area contributed by atoms with E-state index in [0.717, 1.165) is 19.3 Å². The average Bonchev–Trinajstić information content (AvgIpc) is 2.97. The van der Waals surface area contributed by atoms with Gasteiger partial charge in [0.05, 0.1) is 33.0 Å². The number of non-ortho nitro benzene ring substituents is 1. The number of fused-ring (bicyclic) bond motifs is 2. The average molecular weight is 386 g/mol. The topological polar surface area (TPSA) is 202 Å². The van der Waals surface area contributed by atoms with Crippen molar-refractivity contribution in [3.8, 4) is 5.75 Å². The second-order valence-corrected chi connectivity index (χ2v) is 6.30. The van der Waals surface area contributed by atoms with E-state index in [2.05, 4.69) is 5.32 Å². The van der Waals surface area contributed by atoms with Gasteiger partial charge >= 0.3 is 11.4 Å². The maximum Gasteiger partial charge on any atom is 0.324 e. The summed E-state index contributed by atoms with van der Waals surface area (Å²) in [5.74, 6) is -1.13. The van der Waals surface area contributed by atoms with Crippen LogP contribution in [0.5, 0.6) is 5.75 Å². The van der Waals surface area contributed by atoms with Gasteiger partial charge in [0, 0.05) is 24.6 Å². The zero-order chi connectivity index (χ0) is 20.3. The number of phenols is 1. The predicted octanol–water partition coefficient (Wildman–Crippen LogP) is 0.597. The van der Waals surface area contributed by atoms with Crippen LogP contribution in [-0.2, 0) is 0 Å². The van der Waals surface area contributed by atoms with Gasteiger partial charge in [-0.05, 0) is 19.3 Å². The van der Waals surface area contributed by atoms with Crippen molar-refractivity contribution in [2.75, 3.05) is 6.61 Å². The minimum Gasteiger partial charge on any atom is -0.497 e. The Morgan fingerprint density at radius 2 is 1.59 bits per heavy atom. The summed E-state index contributed by atoms with van der Waals surface area (Å²) in [6.45, 7) is 0.117. The molecular weight excluding hydrogens is 368 g/mol. The molecule has 0 saturated carbocycles. The summed E-state index contributed by atoms with van der Waals surface area (Å²) < 4.78 is 0. The standard InChI is InChI=1S/C8H15NO2.C6H3N3O7/c10-4-6-7-2-1-5(9-7)3-8(6)11;10-6-4(8(13)14)1-3(7(11)12)2-5(6)9(15)16/h5-11H,1-4H2;1-2,10H. The second-order valence-electron chi connectivity index (χ2n) is 6.30. The number of piperidine rings is 1. The zero-order valence-corrected chi connectivity index (χ0v) is 13.9. The Morgan fingerprint density at radius 3 is 2.04 bits per heavy atom. The van der Waals surface area contributed by atoms with Crippen LogP contribution in [0.15, 0.2) is 12.1 Å². The fourth-order valence-electron chi connectivity index (χ4n) is 3.33. The van der Waals surface area contributed by atoms with E-state index in [1.54, 1.807) is 0 Å². The molecule has 2 aliphatic heterocycles. The first-order chi connectivity index (χ1) is 12.6. The first-order valence-electron chi connectivity index (χ1n) is 8.00. The predicted molar refractivity (Wildman–Crippen MR) is 89.2 cm³/mol. The lowest BCUT2D eigenvalue weighted by Crippen LogP contribution is -2.49. The van der Waals surface area contributed by atoms with Gasteiger partial charge in [-0.25, -0.2) is 0 Å². The minimum atomic E-state index is -1.21. The summed E-state index contributed by atoms with van der Waals surface area (Å²) >= 11 is 0. The van der Waals surface area contributed by atoms with Crippen molar-refractivity contribution >= 4 is 17.1 Å². The summed E-state index contributed by atoms with van der Waals surface area (Å²) in [5.41, 5.74) is -3.00. The first-order valence-corrected chi connectivity index (χ1v) is 8.00. The molecule has 148 valence electrons. The number of nitro benzene ring substituents is 3. The molecule has 0 amide bonds. The largest absolute Gasteiger partial charge is 0.497 e. The molecule has 3 rings (SSSR count). The molecule has 13 heteroatoms. The number of rotatable bonds is 4. The van der Waals surface area contributed by atoms with Gasteiger partial charge in [0.15, 0.2) is 0 Å². The zero-order valence-electron chi connectivity index (χ0n) is 13.9. The van der Waals surface area contributed by atoms with Crippen molar-refractivity contribution in [1.82, 2.24) is 5.32 Å². The number of nitrogens with zero attached hydrogens (tertiary/aromatic N) is 3. The third kappa shape index (κ3) is 4.45. The summed E-state index contributed by atoms with van der Waals surface area (Å²) in [5, 5.41) is 62.1. The van der Waals surface area contributed by atoms with Crippen LogP contribution in [0, 0.1) is 36.3 Å². The lowest BCUT2D eigenvalue weighted by Gasteiger charge is -2.33. The van der Waals surface area contributed by atoms with Crippen LogP contribution in [0.3, 0.4) is 0 Å². The van der Waals surface area contributed by atoms with E-state index in [1.807, 2.05) is 0 Å². The molecule has 27 heavy (non-hydrogen) atoms. The van der Waals surface area contributed by atoms with Crippen LogP contribution in [0.1, 0.15) is 19.3 Å². The quantitative estimate of drug-likeness (QED) is 0.419. The first kappa shape index (κ1) is 20.4. The number of benzene rings is 1. The Hall–Kier alpha value is -2.90. The van der Waals surface area contributed by atoms with Crippen LogP contribution >= 0.6 is 0 Å². The van der Waals surface area contributed by atoms with E-state index in [-0.39, 0.29) is 18.6 Å². The Bertz CT molecular complexity index is 721. The highest BCUT2D eigenvalue weighted by atomic mass is 16.6. The fraction of sp³-hybridized carbons (Fsp3) is 0.571. The molecule has 4 atom stereocenters. The van der Waals surface area contributed by atoms with Crippen LogP contribution in [0.2, 0.25) is 0 Å². The van der Waals surface area contributed by atoms with Crippen molar-refractivity contribution < 1.29 is 30.1 Å². The molecular formula is C14H18N4O9. The summed E-state index contributed by atoms with van der Waals surface area (Å²) in [6.07, 6.45) is 2.83. The van der Waals surface area contributed by atoms with Crippen LogP contribution in [0.4, 0.5) is 17.1 Å². The third-order valence-electron chi connectivity index (χ3n) is 4.68. The maximum atomic E-state index is 10.4. The molecule has 1 aromatic rings. The molecule has 2 saturated heterocycles. The van der Waals surface area contributed by atoms with Crippen molar-refractivity contribution in [1.29, 1.82) is 0 Å². The molecule has 2 aliphatic rings. The summed E-state index contributed by atoms with van der Waals surface area (Å²) in [4.78, 5) is 27.8. The highest BCUT2D eigenvalue weighted by Gasteiger charge is 2.40. The molecule has 4 unspecified atom stereocenters. The summed E-state index contributed by atoms with van der Waals surface area (Å²) in [6, 6.07) is 1.77. The molecule has 0 aromatic heterocycles. The molecule has 4 N–H and O–H groups in total. The molecule has 2 heterocycles.